The van der Waals surface area contributed by atoms with Gasteiger partial charge in [0.1, 0.15) is 0 Å². The highest BCUT2D eigenvalue weighted by Gasteiger charge is 2.53. The van der Waals surface area contributed by atoms with E-state index in [0.29, 0.717) is 0 Å². The molecule has 0 unspecified atom stereocenters. The minimum absolute atomic E-state index is 0.509. The van der Waals surface area contributed by atoms with Crippen LogP contribution >= 0.6 is 0 Å². The summed E-state index contributed by atoms with van der Waals surface area (Å²) in [6.07, 6.45) is 0. The predicted octanol–water partition coefficient (Wildman–Crippen LogP) is 14.8. The first-order valence-electron chi connectivity index (χ1n) is 19.8. The lowest BCUT2D eigenvalue weighted by Crippen LogP contribution is -2.28. The molecule has 2 aliphatic rings. The van der Waals surface area contributed by atoms with Crippen molar-refractivity contribution in [3.63, 3.8) is 0 Å². The summed E-state index contributed by atoms with van der Waals surface area (Å²) in [5, 5.41) is 0. The third-order valence-electron chi connectivity index (χ3n) is 12.2. The van der Waals surface area contributed by atoms with E-state index < -0.39 is 5.41 Å². The standard InChI is InChI=1S/C56H39N/c1-38-34-42(39-18-5-2-6-19-39)32-33-53(38)57(45-36-43(40-20-7-3-8-21-40)35-44(37-45)41-22-9-4-10-23-41)54-31-17-27-49-48-26-13-16-30-52(48)56(55(49)54)50-28-14-11-24-46(50)47-25-12-15-29-51(47)56/h2-37H,1H3. The maximum atomic E-state index is 2.55. The molecule has 0 bridgehead atoms. The molecule has 57 heavy (non-hydrogen) atoms. The summed E-state index contributed by atoms with van der Waals surface area (Å²) in [5.74, 6) is 0. The lowest BCUT2D eigenvalue weighted by molar-refractivity contribution is 0.793. The van der Waals surface area contributed by atoms with Gasteiger partial charge in [-0.1, -0.05) is 182 Å². The molecule has 1 nitrogen and oxygen atoms in total. The highest BCUT2D eigenvalue weighted by atomic mass is 15.1. The summed E-state index contributed by atoms with van der Waals surface area (Å²) < 4.78 is 0. The van der Waals surface area contributed by atoms with Gasteiger partial charge >= 0.3 is 0 Å². The Labute approximate surface area is 334 Å². The Balaban J connectivity index is 1.25. The summed E-state index contributed by atoms with van der Waals surface area (Å²) in [6.45, 7) is 2.27. The van der Waals surface area contributed by atoms with Crippen LogP contribution in [0.1, 0.15) is 27.8 Å². The Kier molecular flexibility index (Phi) is 7.69. The van der Waals surface area contributed by atoms with Crippen molar-refractivity contribution in [1.82, 2.24) is 0 Å². The molecule has 0 fully saturated rings. The van der Waals surface area contributed by atoms with E-state index in [2.05, 4.69) is 230 Å². The van der Waals surface area contributed by atoms with Crippen LogP contribution in [0.25, 0.3) is 55.6 Å². The van der Waals surface area contributed by atoms with Crippen LogP contribution in [0.5, 0.6) is 0 Å². The van der Waals surface area contributed by atoms with Crippen molar-refractivity contribution >= 4 is 17.1 Å². The highest BCUT2D eigenvalue weighted by molar-refractivity contribution is 6.00. The minimum atomic E-state index is -0.509. The third-order valence-corrected chi connectivity index (χ3v) is 12.2. The number of benzene rings is 9. The second kappa shape index (κ2) is 13.2. The summed E-state index contributed by atoms with van der Waals surface area (Å²) in [5.41, 5.74) is 21.8. The SMILES string of the molecule is Cc1cc(-c2ccccc2)ccc1N(c1cc(-c2ccccc2)cc(-c2ccccc2)c1)c1cccc2c1C1(c3ccccc3-c3ccccc31)c1ccccc1-2. The maximum absolute atomic E-state index is 2.55. The van der Waals surface area contributed by atoms with Crippen molar-refractivity contribution in [2.45, 2.75) is 12.3 Å². The van der Waals surface area contributed by atoms with Gasteiger partial charge < -0.3 is 4.90 Å². The summed E-state index contributed by atoms with van der Waals surface area (Å²) in [4.78, 5) is 2.55. The van der Waals surface area contributed by atoms with Gasteiger partial charge in [-0.3, -0.25) is 0 Å². The molecule has 11 rings (SSSR count). The van der Waals surface area contributed by atoms with Crippen LogP contribution in [0, 0.1) is 6.92 Å². The van der Waals surface area contributed by atoms with Crippen LogP contribution in [0.4, 0.5) is 17.1 Å². The number of nitrogens with zero attached hydrogens (tertiary/aromatic N) is 1. The number of fused-ring (bicyclic) bond motifs is 10. The topological polar surface area (TPSA) is 3.24 Å². The number of aryl methyl sites for hydroxylation is 1. The monoisotopic (exact) mass is 725 g/mol. The van der Waals surface area contributed by atoms with Gasteiger partial charge in [-0.15, -0.1) is 0 Å². The summed E-state index contributed by atoms with van der Waals surface area (Å²) in [7, 11) is 0. The first kappa shape index (κ1) is 33.1. The fourth-order valence-corrected chi connectivity index (χ4v) is 9.78. The van der Waals surface area contributed by atoms with Crippen LogP contribution in [0.3, 0.4) is 0 Å². The first-order chi connectivity index (χ1) is 28.2. The largest absolute Gasteiger partial charge is 0.310 e. The Morgan fingerprint density at radius 3 is 1.26 bits per heavy atom. The molecule has 0 atom stereocenters. The second-order valence-electron chi connectivity index (χ2n) is 15.3. The van der Waals surface area contributed by atoms with E-state index >= 15 is 0 Å². The molecule has 268 valence electrons. The van der Waals surface area contributed by atoms with Gasteiger partial charge in [0.2, 0.25) is 0 Å². The zero-order valence-corrected chi connectivity index (χ0v) is 31.7. The van der Waals surface area contributed by atoms with E-state index in [1.165, 1.54) is 89.1 Å². The summed E-state index contributed by atoms with van der Waals surface area (Å²) in [6, 6.07) is 80.6. The predicted molar refractivity (Wildman–Crippen MR) is 238 cm³/mol. The second-order valence-corrected chi connectivity index (χ2v) is 15.3. The Morgan fingerprint density at radius 1 is 0.316 bits per heavy atom. The smallest absolute Gasteiger partial charge is 0.0746 e. The van der Waals surface area contributed by atoms with E-state index in [-0.39, 0.29) is 0 Å². The van der Waals surface area contributed by atoms with Crippen molar-refractivity contribution in [1.29, 1.82) is 0 Å². The van der Waals surface area contributed by atoms with Crippen LogP contribution in [0.15, 0.2) is 218 Å². The average molecular weight is 726 g/mol. The lowest BCUT2D eigenvalue weighted by atomic mass is 9.70. The molecule has 9 aromatic rings. The Bertz CT molecular complexity index is 2840. The number of rotatable bonds is 6. The van der Waals surface area contributed by atoms with E-state index in [0.717, 1.165) is 11.4 Å². The van der Waals surface area contributed by atoms with Crippen LogP contribution in [-0.2, 0) is 5.41 Å². The molecule has 0 saturated carbocycles. The molecule has 1 heteroatoms. The highest BCUT2D eigenvalue weighted by Crippen LogP contribution is 2.65. The van der Waals surface area contributed by atoms with Gasteiger partial charge in [0.05, 0.1) is 11.1 Å². The maximum Gasteiger partial charge on any atom is 0.0746 e. The van der Waals surface area contributed by atoms with Gasteiger partial charge in [-0.05, 0) is 121 Å². The Hall–Kier alpha value is -7.22. The van der Waals surface area contributed by atoms with Gasteiger partial charge in [-0.2, -0.15) is 0 Å². The molecule has 0 radical (unpaired) electrons. The molecule has 2 aliphatic carbocycles. The van der Waals surface area contributed by atoms with Gasteiger partial charge in [0.25, 0.3) is 0 Å². The van der Waals surface area contributed by atoms with Gasteiger partial charge in [-0.25, -0.2) is 0 Å². The van der Waals surface area contributed by atoms with Crippen molar-refractivity contribution in [3.05, 3.63) is 246 Å². The molecule has 0 aliphatic heterocycles. The molecule has 9 aromatic carbocycles. The normalized spacial score (nSPS) is 12.8. The van der Waals surface area contributed by atoms with Crippen molar-refractivity contribution in [3.8, 4) is 55.6 Å². The Morgan fingerprint density at radius 2 is 0.754 bits per heavy atom. The lowest BCUT2D eigenvalue weighted by Gasteiger charge is -2.36. The molecule has 0 aromatic heterocycles. The first-order valence-corrected chi connectivity index (χ1v) is 19.8. The molecule has 1 spiro atoms. The number of anilines is 3. The van der Waals surface area contributed by atoms with Crippen LogP contribution < -0.4 is 4.90 Å². The minimum Gasteiger partial charge on any atom is -0.310 e. The molecular formula is C56H39N. The van der Waals surface area contributed by atoms with E-state index in [1.54, 1.807) is 0 Å². The van der Waals surface area contributed by atoms with Crippen molar-refractivity contribution < 1.29 is 0 Å². The van der Waals surface area contributed by atoms with E-state index in [4.69, 9.17) is 0 Å². The average Bonchev–Trinajstić information content (AvgIpc) is 3.76. The van der Waals surface area contributed by atoms with Crippen molar-refractivity contribution in [2.24, 2.45) is 0 Å². The molecular weight excluding hydrogens is 687 g/mol. The number of hydrogen-bond acceptors (Lipinski definition) is 1. The zero-order valence-electron chi connectivity index (χ0n) is 31.7. The molecule has 0 saturated heterocycles. The fourth-order valence-electron chi connectivity index (χ4n) is 9.78. The molecule has 0 N–H and O–H groups in total. The number of hydrogen-bond donors (Lipinski definition) is 0. The van der Waals surface area contributed by atoms with Gasteiger partial charge in [0, 0.05) is 16.9 Å². The third kappa shape index (κ3) is 5.09. The van der Waals surface area contributed by atoms with Gasteiger partial charge in [0.15, 0.2) is 0 Å². The van der Waals surface area contributed by atoms with E-state index in [9.17, 15) is 0 Å². The van der Waals surface area contributed by atoms with Crippen LogP contribution in [-0.4, -0.2) is 0 Å². The van der Waals surface area contributed by atoms with E-state index in [1.807, 2.05) is 0 Å². The zero-order chi connectivity index (χ0) is 37.9. The van der Waals surface area contributed by atoms with Crippen molar-refractivity contribution in [2.75, 3.05) is 4.90 Å². The quantitative estimate of drug-likeness (QED) is 0.165. The summed E-state index contributed by atoms with van der Waals surface area (Å²) >= 11 is 0. The fraction of sp³-hybridized carbons (Fsp3) is 0.0357. The van der Waals surface area contributed by atoms with Crippen LogP contribution in [0.2, 0.25) is 0 Å². The molecule has 0 amide bonds. The molecule has 0 heterocycles.